The molecule has 1 rings (SSSR count). The molecular formula is C10H19F3N2. The Morgan fingerprint density at radius 2 is 2.00 bits per heavy atom. The van der Waals surface area contributed by atoms with Gasteiger partial charge in [0.25, 0.3) is 0 Å². The normalized spacial score (nSPS) is 29.4. The second-order valence-electron chi connectivity index (χ2n) is 4.39. The van der Waals surface area contributed by atoms with Crippen molar-refractivity contribution in [1.29, 1.82) is 0 Å². The number of nitrogens with zero attached hydrogens (tertiary/aromatic N) is 1. The minimum Gasteiger partial charge on any atom is -0.330 e. The minimum atomic E-state index is -4.05. The molecule has 0 bridgehead atoms. The number of alkyl halides is 3. The van der Waals surface area contributed by atoms with Gasteiger partial charge < -0.3 is 10.6 Å². The van der Waals surface area contributed by atoms with E-state index in [9.17, 15) is 13.2 Å². The molecule has 0 spiro atoms. The Morgan fingerprint density at radius 3 is 2.53 bits per heavy atom. The van der Waals surface area contributed by atoms with Crippen LogP contribution in [0.1, 0.15) is 26.2 Å². The summed E-state index contributed by atoms with van der Waals surface area (Å²) in [7, 11) is 0. The Balaban J connectivity index is 2.38. The van der Waals surface area contributed by atoms with E-state index in [2.05, 4.69) is 0 Å². The number of halogens is 3. The number of hydrogen-bond acceptors (Lipinski definition) is 2. The average Bonchev–Trinajstić information content (AvgIpc) is 2.15. The predicted molar refractivity (Wildman–Crippen MR) is 53.5 cm³/mol. The van der Waals surface area contributed by atoms with Gasteiger partial charge in [-0.3, -0.25) is 0 Å². The summed E-state index contributed by atoms with van der Waals surface area (Å²) in [4.78, 5) is 1.91. The van der Waals surface area contributed by atoms with Gasteiger partial charge in [-0.05, 0) is 32.2 Å². The fraction of sp³-hybridized carbons (Fsp3) is 1.00. The molecule has 1 fully saturated rings. The highest BCUT2D eigenvalue weighted by Crippen LogP contribution is 2.25. The van der Waals surface area contributed by atoms with Crippen molar-refractivity contribution in [3.05, 3.63) is 0 Å². The summed E-state index contributed by atoms with van der Waals surface area (Å²) in [5.74, 6) is 0.370. The third-order valence-electron chi connectivity index (χ3n) is 3.12. The van der Waals surface area contributed by atoms with Crippen molar-refractivity contribution in [2.24, 2.45) is 11.7 Å². The fourth-order valence-electron chi connectivity index (χ4n) is 2.04. The lowest BCUT2D eigenvalue weighted by molar-refractivity contribution is -0.140. The molecule has 90 valence electrons. The fourth-order valence-corrected chi connectivity index (χ4v) is 2.04. The van der Waals surface area contributed by atoms with Gasteiger partial charge in [0.05, 0.1) is 6.42 Å². The molecule has 0 aromatic heterocycles. The number of likely N-dealkylation sites (tertiary alicyclic amines) is 1. The van der Waals surface area contributed by atoms with E-state index in [-0.39, 0.29) is 12.6 Å². The van der Waals surface area contributed by atoms with Gasteiger partial charge >= 0.3 is 6.18 Å². The number of nitrogens with two attached hydrogens (primary N) is 1. The zero-order chi connectivity index (χ0) is 11.5. The average molecular weight is 224 g/mol. The van der Waals surface area contributed by atoms with Gasteiger partial charge in [0.15, 0.2) is 0 Å². The van der Waals surface area contributed by atoms with Crippen molar-refractivity contribution in [3.63, 3.8) is 0 Å². The van der Waals surface area contributed by atoms with Crippen molar-refractivity contribution < 1.29 is 13.2 Å². The van der Waals surface area contributed by atoms with Gasteiger partial charge in [0.2, 0.25) is 0 Å². The maximum absolute atomic E-state index is 12.1. The van der Waals surface area contributed by atoms with Gasteiger partial charge in [-0.25, -0.2) is 0 Å². The van der Waals surface area contributed by atoms with Crippen LogP contribution in [0.5, 0.6) is 0 Å². The van der Waals surface area contributed by atoms with Crippen molar-refractivity contribution >= 4 is 0 Å². The zero-order valence-electron chi connectivity index (χ0n) is 9.06. The number of piperidine rings is 1. The maximum Gasteiger partial charge on any atom is 0.390 e. The molecule has 2 nitrogen and oxygen atoms in total. The monoisotopic (exact) mass is 224 g/mol. The van der Waals surface area contributed by atoms with Crippen LogP contribution in [0.2, 0.25) is 0 Å². The molecule has 15 heavy (non-hydrogen) atoms. The van der Waals surface area contributed by atoms with Gasteiger partial charge in [0.1, 0.15) is 0 Å². The summed E-state index contributed by atoms with van der Waals surface area (Å²) in [6.45, 7) is 3.40. The zero-order valence-corrected chi connectivity index (χ0v) is 9.06. The predicted octanol–water partition coefficient (Wildman–Crippen LogP) is 2.00. The largest absolute Gasteiger partial charge is 0.390 e. The van der Waals surface area contributed by atoms with Crippen LogP contribution in [-0.4, -0.2) is 36.8 Å². The van der Waals surface area contributed by atoms with E-state index in [0.29, 0.717) is 19.0 Å². The molecule has 1 aliphatic heterocycles. The Hall–Kier alpha value is -0.290. The maximum atomic E-state index is 12.1. The molecule has 0 saturated carbocycles. The van der Waals surface area contributed by atoms with Crippen LogP contribution in [0.15, 0.2) is 0 Å². The molecule has 2 atom stereocenters. The second kappa shape index (κ2) is 5.16. The standard InChI is InChI=1S/C10H19F3N2/c1-8-2-3-9(6-14)7-15(8)5-4-10(11,12)13/h8-9H,2-7,14H2,1H3. The van der Waals surface area contributed by atoms with Gasteiger partial charge in [-0.15, -0.1) is 0 Å². The SMILES string of the molecule is CC1CCC(CN)CN1CCC(F)(F)F. The first-order valence-corrected chi connectivity index (χ1v) is 5.43. The third kappa shape index (κ3) is 4.38. The highest BCUT2D eigenvalue weighted by molar-refractivity contribution is 4.79. The quantitative estimate of drug-likeness (QED) is 0.794. The van der Waals surface area contributed by atoms with Crippen LogP contribution < -0.4 is 5.73 Å². The summed E-state index contributed by atoms with van der Waals surface area (Å²) < 4.78 is 36.2. The smallest absolute Gasteiger partial charge is 0.330 e. The third-order valence-corrected chi connectivity index (χ3v) is 3.12. The molecule has 0 aromatic rings. The first kappa shape index (κ1) is 12.8. The van der Waals surface area contributed by atoms with Crippen LogP contribution in [0.25, 0.3) is 0 Å². The van der Waals surface area contributed by atoms with Crippen molar-refractivity contribution in [2.75, 3.05) is 19.6 Å². The summed E-state index contributed by atoms with van der Waals surface area (Å²) >= 11 is 0. The lowest BCUT2D eigenvalue weighted by Crippen LogP contribution is -2.45. The first-order valence-electron chi connectivity index (χ1n) is 5.43. The molecule has 1 saturated heterocycles. The van der Waals surface area contributed by atoms with Crippen molar-refractivity contribution in [1.82, 2.24) is 4.90 Å². The highest BCUT2D eigenvalue weighted by atomic mass is 19.4. The van der Waals surface area contributed by atoms with Crippen LogP contribution in [0.4, 0.5) is 13.2 Å². The Kier molecular flexibility index (Phi) is 4.40. The van der Waals surface area contributed by atoms with Crippen molar-refractivity contribution in [3.8, 4) is 0 Å². The molecule has 0 radical (unpaired) electrons. The molecule has 2 N–H and O–H groups in total. The van der Waals surface area contributed by atoms with Crippen molar-refractivity contribution in [2.45, 2.75) is 38.4 Å². The van der Waals surface area contributed by atoms with E-state index in [1.807, 2.05) is 11.8 Å². The Labute approximate surface area is 88.6 Å². The lowest BCUT2D eigenvalue weighted by atomic mass is 9.93. The van der Waals surface area contributed by atoms with Crippen LogP contribution in [-0.2, 0) is 0 Å². The Bertz CT molecular complexity index is 194. The summed E-state index contributed by atoms with van der Waals surface area (Å²) in [6.07, 6.45) is -2.76. The van der Waals surface area contributed by atoms with E-state index < -0.39 is 12.6 Å². The van der Waals surface area contributed by atoms with E-state index in [1.54, 1.807) is 0 Å². The number of hydrogen-bond donors (Lipinski definition) is 1. The van der Waals surface area contributed by atoms with E-state index in [4.69, 9.17) is 5.73 Å². The summed E-state index contributed by atoms with van der Waals surface area (Å²) in [5, 5.41) is 0. The molecule has 5 heteroatoms. The van der Waals surface area contributed by atoms with Crippen LogP contribution in [0.3, 0.4) is 0 Å². The summed E-state index contributed by atoms with van der Waals surface area (Å²) in [5.41, 5.74) is 5.54. The number of rotatable bonds is 3. The summed E-state index contributed by atoms with van der Waals surface area (Å²) in [6, 6.07) is 0.259. The molecule has 0 aromatic carbocycles. The van der Waals surface area contributed by atoms with Gasteiger partial charge in [-0.1, -0.05) is 0 Å². The van der Waals surface area contributed by atoms with E-state index in [0.717, 1.165) is 12.8 Å². The Morgan fingerprint density at radius 1 is 1.33 bits per heavy atom. The minimum absolute atomic E-state index is 0.112. The first-order chi connectivity index (χ1) is 6.92. The lowest BCUT2D eigenvalue weighted by Gasteiger charge is -2.37. The topological polar surface area (TPSA) is 29.3 Å². The van der Waals surface area contributed by atoms with Crippen LogP contribution >= 0.6 is 0 Å². The van der Waals surface area contributed by atoms with E-state index >= 15 is 0 Å². The van der Waals surface area contributed by atoms with Crippen LogP contribution in [0, 0.1) is 5.92 Å². The molecule has 2 unspecified atom stereocenters. The second-order valence-corrected chi connectivity index (χ2v) is 4.39. The van der Waals surface area contributed by atoms with E-state index in [1.165, 1.54) is 0 Å². The molecule has 0 aliphatic carbocycles. The molecule has 1 heterocycles. The van der Waals surface area contributed by atoms with Gasteiger partial charge in [0, 0.05) is 19.1 Å². The molecule has 1 aliphatic rings. The highest BCUT2D eigenvalue weighted by Gasteiger charge is 2.31. The molecule has 0 amide bonds. The van der Waals surface area contributed by atoms with Gasteiger partial charge in [-0.2, -0.15) is 13.2 Å². The molecular weight excluding hydrogens is 205 g/mol.